The number of hydrogen-bond donors (Lipinski definition) is 1. The first kappa shape index (κ1) is 24.1. The number of rotatable bonds is 2. The first-order valence-corrected chi connectivity index (χ1v) is 12.1. The molecule has 5 rings (SSSR count). The summed E-state index contributed by atoms with van der Waals surface area (Å²) in [6, 6.07) is 12.6. The summed E-state index contributed by atoms with van der Waals surface area (Å²) in [4.78, 5) is 45.0. The molecule has 36 heavy (non-hydrogen) atoms. The van der Waals surface area contributed by atoms with Crippen molar-refractivity contribution in [3.63, 3.8) is 0 Å². The average molecular weight is 506 g/mol. The van der Waals surface area contributed by atoms with Crippen molar-refractivity contribution in [2.45, 2.75) is 39.0 Å². The van der Waals surface area contributed by atoms with Gasteiger partial charge in [0, 0.05) is 41.0 Å². The Morgan fingerprint density at radius 2 is 1.72 bits per heavy atom. The molecule has 1 spiro atoms. The van der Waals surface area contributed by atoms with E-state index in [1.54, 1.807) is 42.3 Å². The van der Waals surface area contributed by atoms with Gasteiger partial charge < -0.3 is 15.4 Å². The number of hydrogen-bond acceptors (Lipinski definition) is 6. The van der Waals surface area contributed by atoms with Crippen molar-refractivity contribution in [2.24, 2.45) is 11.1 Å². The van der Waals surface area contributed by atoms with E-state index < -0.39 is 22.7 Å². The normalized spacial score (nSPS) is 22.8. The van der Waals surface area contributed by atoms with E-state index in [-0.39, 0.29) is 29.2 Å². The lowest BCUT2D eigenvalue weighted by Crippen LogP contribution is -2.55. The van der Waals surface area contributed by atoms with E-state index in [4.69, 9.17) is 22.1 Å². The summed E-state index contributed by atoms with van der Waals surface area (Å²) in [5, 5.41) is 0.519. The van der Waals surface area contributed by atoms with E-state index >= 15 is 0 Å². The van der Waals surface area contributed by atoms with Crippen LogP contribution < -0.4 is 15.5 Å². The molecule has 2 N–H and O–H groups in total. The highest BCUT2D eigenvalue weighted by molar-refractivity contribution is 6.31. The van der Waals surface area contributed by atoms with E-state index in [0.717, 1.165) is 5.56 Å². The van der Waals surface area contributed by atoms with Crippen molar-refractivity contribution in [3.05, 3.63) is 81.3 Å². The number of esters is 1. The van der Waals surface area contributed by atoms with Gasteiger partial charge in [0.2, 0.25) is 5.91 Å². The summed E-state index contributed by atoms with van der Waals surface area (Å²) in [7, 11) is 2.89. The lowest BCUT2D eigenvalue weighted by Gasteiger charge is -2.47. The Kier molecular flexibility index (Phi) is 5.34. The molecule has 1 atom stereocenters. The smallest absolute Gasteiger partial charge is 0.339 e. The predicted octanol–water partition coefficient (Wildman–Crippen LogP) is 4.37. The van der Waals surface area contributed by atoms with Crippen molar-refractivity contribution >= 4 is 40.6 Å². The Hall–Kier alpha value is -3.58. The number of nitrogens with zero attached hydrogens (tertiary/aromatic N) is 2. The number of halogens is 1. The molecule has 1 aliphatic carbocycles. The molecule has 3 aliphatic rings. The molecular formula is C28H28ClN3O4. The fourth-order valence-corrected chi connectivity index (χ4v) is 6.16. The highest BCUT2D eigenvalue weighted by atomic mass is 35.5. The molecule has 1 amide bonds. The zero-order valence-electron chi connectivity index (χ0n) is 20.9. The minimum atomic E-state index is -1.70. The van der Waals surface area contributed by atoms with Gasteiger partial charge in [-0.15, -0.1) is 0 Å². The number of ether oxygens (including phenoxy) is 1. The highest BCUT2D eigenvalue weighted by Gasteiger charge is 2.64. The molecular weight excluding hydrogens is 478 g/mol. The first-order chi connectivity index (χ1) is 17.0. The van der Waals surface area contributed by atoms with Crippen LogP contribution in [0.25, 0.3) is 0 Å². The van der Waals surface area contributed by atoms with Crippen LogP contribution in [0.3, 0.4) is 0 Å². The number of carbonyl (C=O) groups excluding carboxylic acids is 3. The molecule has 2 aliphatic heterocycles. The first-order valence-electron chi connectivity index (χ1n) is 11.8. The molecule has 0 saturated carbocycles. The molecule has 7 nitrogen and oxygen atoms in total. The van der Waals surface area contributed by atoms with Gasteiger partial charge in [-0.05, 0) is 42.5 Å². The Balaban J connectivity index is 1.97. The topological polar surface area (TPSA) is 92.9 Å². The maximum absolute atomic E-state index is 14.2. The summed E-state index contributed by atoms with van der Waals surface area (Å²) in [5.74, 6) is -1.32. The van der Waals surface area contributed by atoms with E-state index in [1.807, 2.05) is 32.9 Å². The summed E-state index contributed by atoms with van der Waals surface area (Å²) in [5.41, 5.74) is 8.13. The molecule has 2 aromatic rings. The van der Waals surface area contributed by atoms with Crippen molar-refractivity contribution in [3.8, 4) is 0 Å². The van der Waals surface area contributed by atoms with E-state index in [9.17, 15) is 14.4 Å². The summed E-state index contributed by atoms with van der Waals surface area (Å²) >= 11 is 6.48. The van der Waals surface area contributed by atoms with Crippen molar-refractivity contribution in [1.82, 2.24) is 0 Å². The number of ketones is 1. The number of anilines is 2. The van der Waals surface area contributed by atoms with Crippen LogP contribution in [-0.2, 0) is 24.5 Å². The van der Waals surface area contributed by atoms with E-state index in [2.05, 4.69) is 0 Å². The fraction of sp³-hybridized carbons (Fsp3) is 0.321. The van der Waals surface area contributed by atoms with Gasteiger partial charge in [-0.1, -0.05) is 49.7 Å². The number of nitrogens with two attached hydrogens (primary N) is 1. The lowest BCUT2D eigenvalue weighted by molar-refractivity contribution is -0.138. The van der Waals surface area contributed by atoms with E-state index in [0.29, 0.717) is 34.1 Å². The SMILES string of the molecule is COC(=O)C1=C(N)N(c2cccc(Cl)c2C)C2=C(C(=O)CC(C)(C)C2)C12C(=O)N(C)c1ccccc12. The van der Waals surface area contributed by atoms with Gasteiger partial charge in [0.05, 0.1) is 12.8 Å². The average Bonchev–Trinajstić information content (AvgIpc) is 3.03. The monoisotopic (exact) mass is 505 g/mol. The fourth-order valence-electron chi connectivity index (χ4n) is 5.99. The second kappa shape index (κ2) is 7.96. The van der Waals surface area contributed by atoms with Gasteiger partial charge in [0.15, 0.2) is 5.78 Å². The van der Waals surface area contributed by atoms with Gasteiger partial charge in [-0.25, -0.2) is 4.79 Å². The number of amides is 1. The van der Waals surface area contributed by atoms with Crippen LogP contribution in [0.15, 0.2) is 65.1 Å². The predicted molar refractivity (Wildman–Crippen MR) is 138 cm³/mol. The van der Waals surface area contributed by atoms with Crippen LogP contribution in [-0.4, -0.2) is 31.8 Å². The zero-order chi connectivity index (χ0) is 26.2. The number of benzene rings is 2. The van der Waals surface area contributed by atoms with Crippen LogP contribution in [0.5, 0.6) is 0 Å². The van der Waals surface area contributed by atoms with Crippen LogP contribution >= 0.6 is 11.6 Å². The maximum atomic E-state index is 14.2. The van der Waals surface area contributed by atoms with Gasteiger partial charge >= 0.3 is 5.97 Å². The third-order valence-electron chi connectivity index (χ3n) is 7.53. The van der Waals surface area contributed by atoms with Gasteiger partial charge in [-0.2, -0.15) is 0 Å². The van der Waals surface area contributed by atoms with Crippen molar-refractivity contribution in [1.29, 1.82) is 0 Å². The maximum Gasteiger partial charge on any atom is 0.339 e. The molecule has 0 bridgehead atoms. The molecule has 2 heterocycles. The second-order valence-electron chi connectivity index (χ2n) is 10.4. The number of para-hydroxylation sites is 1. The largest absolute Gasteiger partial charge is 0.466 e. The number of methoxy groups -OCH3 is 1. The number of fused-ring (bicyclic) bond motifs is 3. The highest BCUT2D eigenvalue weighted by Crippen LogP contribution is 2.58. The molecule has 186 valence electrons. The second-order valence-corrected chi connectivity index (χ2v) is 10.8. The molecule has 0 saturated heterocycles. The molecule has 0 radical (unpaired) electrons. The number of allylic oxidation sites excluding steroid dienone is 1. The van der Waals surface area contributed by atoms with Crippen molar-refractivity contribution < 1.29 is 19.1 Å². The Labute approximate surface area is 215 Å². The minimum absolute atomic E-state index is 0.0509. The number of Topliss-reactive ketones (excluding diaryl/α,β-unsaturated/α-hetero) is 1. The summed E-state index contributed by atoms with van der Waals surface area (Å²) in [6.45, 7) is 5.88. The third-order valence-corrected chi connectivity index (χ3v) is 7.94. The molecule has 0 fully saturated rings. The quantitative estimate of drug-likeness (QED) is 0.609. The molecule has 8 heteroatoms. The van der Waals surface area contributed by atoms with Crippen LogP contribution in [0.1, 0.15) is 37.8 Å². The molecule has 2 aromatic carbocycles. The summed E-state index contributed by atoms with van der Waals surface area (Å²) in [6.07, 6.45) is 0.694. The van der Waals surface area contributed by atoms with Gasteiger partial charge in [-0.3, -0.25) is 14.5 Å². The van der Waals surface area contributed by atoms with Gasteiger partial charge in [0.25, 0.3) is 0 Å². The number of carbonyl (C=O) groups is 3. The van der Waals surface area contributed by atoms with E-state index in [1.165, 1.54) is 12.0 Å². The molecule has 1 unspecified atom stereocenters. The third kappa shape index (κ3) is 3.02. The van der Waals surface area contributed by atoms with Gasteiger partial charge in [0.1, 0.15) is 16.8 Å². The van der Waals surface area contributed by atoms with Crippen molar-refractivity contribution in [2.75, 3.05) is 24.0 Å². The van der Waals surface area contributed by atoms with Crippen LogP contribution in [0.2, 0.25) is 5.02 Å². The van der Waals surface area contributed by atoms with Crippen LogP contribution in [0.4, 0.5) is 11.4 Å². The Bertz CT molecular complexity index is 1420. The standard InChI is InChI=1S/C28H28ClN3O4/c1-15-17(29)10-8-12-18(15)32-20-13-27(2,3)14-21(33)22(20)28(23(24(32)30)25(34)36-5)16-9-6-7-11-19(16)31(4)26(28)35/h6-12H,13-14,30H2,1-5H3. The Morgan fingerprint density at radius 1 is 1.06 bits per heavy atom. The van der Waals surface area contributed by atoms with Crippen LogP contribution in [0, 0.1) is 12.3 Å². The lowest BCUT2D eigenvalue weighted by atomic mass is 9.60. The molecule has 0 aromatic heterocycles. The summed E-state index contributed by atoms with van der Waals surface area (Å²) < 4.78 is 5.21. The zero-order valence-corrected chi connectivity index (χ0v) is 21.7. The minimum Gasteiger partial charge on any atom is -0.466 e. The Morgan fingerprint density at radius 3 is 2.42 bits per heavy atom. The number of likely N-dealkylation sites (N-methyl/N-ethyl adjacent to an activating group) is 1.